The molecule has 0 unspecified atom stereocenters. The monoisotopic (exact) mass is 367 g/mol. The summed E-state index contributed by atoms with van der Waals surface area (Å²) in [7, 11) is 1.55. The lowest BCUT2D eigenvalue weighted by molar-refractivity contribution is -0.118. The van der Waals surface area contributed by atoms with Crippen molar-refractivity contribution >= 4 is 23.3 Å². The SMILES string of the molecule is COc1ccc(C)cc1NC(=O)N[C@H]1CCN(c2cc(C)cc(C)c2)C1=O. The number of methoxy groups -OCH3 is 1. The van der Waals surface area contributed by atoms with E-state index in [2.05, 4.69) is 16.7 Å². The number of hydrogen-bond acceptors (Lipinski definition) is 3. The summed E-state index contributed by atoms with van der Waals surface area (Å²) in [6, 6.07) is 10.6. The fourth-order valence-electron chi connectivity index (χ4n) is 3.41. The maximum absolute atomic E-state index is 12.8. The van der Waals surface area contributed by atoms with Crippen LogP contribution in [0.3, 0.4) is 0 Å². The molecule has 2 N–H and O–H groups in total. The zero-order valence-corrected chi connectivity index (χ0v) is 16.1. The molecule has 1 fully saturated rings. The minimum absolute atomic E-state index is 0.0913. The van der Waals surface area contributed by atoms with Crippen LogP contribution >= 0.6 is 0 Å². The van der Waals surface area contributed by atoms with Gasteiger partial charge in [0.05, 0.1) is 12.8 Å². The van der Waals surface area contributed by atoms with Gasteiger partial charge >= 0.3 is 6.03 Å². The largest absolute Gasteiger partial charge is 0.495 e. The molecule has 2 aromatic carbocycles. The van der Waals surface area contributed by atoms with Gasteiger partial charge in [0.1, 0.15) is 11.8 Å². The highest BCUT2D eigenvalue weighted by atomic mass is 16.5. The summed E-state index contributed by atoms with van der Waals surface area (Å²) in [6.45, 7) is 6.54. The van der Waals surface area contributed by atoms with E-state index < -0.39 is 12.1 Å². The Morgan fingerprint density at radius 3 is 2.44 bits per heavy atom. The van der Waals surface area contributed by atoms with Gasteiger partial charge in [-0.25, -0.2) is 4.79 Å². The number of nitrogens with one attached hydrogen (secondary N) is 2. The van der Waals surface area contributed by atoms with Crippen LogP contribution in [0.1, 0.15) is 23.1 Å². The number of carbonyl (C=O) groups is 2. The molecule has 0 aliphatic carbocycles. The summed E-state index contributed by atoms with van der Waals surface area (Å²) in [6.07, 6.45) is 0.574. The molecule has 6 heteroatoms. The fraction of sp³-hybridized carbons (Fsp3) is 0.333. The molecule has 0 bridgehead atoms. The van der Waals surface area contributed by atoms with Gasteiger partial charge in [-0.1, -0.05) is 12.1 Å². The Morgan fingerprint density at radius 2 is 1.78 bits per heavy atom. The third kappa shape index (κ3) is 4.22. The van der Waals surface area contributed by atoms with E-state index in [0.717, 1.165) is 22.4 Å². The van der Waals surface area contributed by atoms with Crippen LogP contribution in [0.2, 0.25) is 0 Å². The van der Waals surface area contributed by atoms with E-state index in [-0.39, 0.29) is 5.91 Å². The van der Waals surface area contributed by atoms with Crippen LogP contribution in [0, 0.1) is 20.8 Å². The van der Waals surface area contributed by atoms with Gasteiger partial charge in [0.15, 0.2) is 0 Å². The molecule has 2 aromatic rings. The van der Waals surface area contributed by atoms with Crippen LogP contribution in [0.4, 0.5) is 16.2 Å². The van der Waals surface area contributed by atoms with Crippen molar-refractivity contribution in [1.82, 2.24) is 5.32 Å². The minimum atomic E-state index is -0.540. The Hall–Kier alpha value is -3.02. The number of benzene rings is 2. The molecule has 3 rings (SSSR count). The molecule has 3 amide bonds. The van der Waals surface area contributed by atoms with Gasteiger partial charge in [0.2, 0.25) is 5.91 Å². The van der Waals surface area contributed by atoms with E-state index in [1.54, 1.807) is 18.1 Å². The standard InChI is InChI=1S/C21H25N3O3/c1-13-5-6-19(27-4)18(12-13)23-21(26)22-17-7-8-24(20(17)25)16-10-14(2)9-15(3)11-16/h5-6,9-12,17H,7-8H2,1-4H3,(H2,22,23,26)/t17-/m0/s1. The predicted molar refractivity (Wildman–Crippen MR) is 107 cm³/mol. The topological polar surface area (TPSA) is 70.7 Å². The minimum Gasteiger partial charge on any atom is -0.495 e. The van der Waals surface area contributed by atoms with Gasteiger partial charge in [0, 0.05) is 12.2 Å². The number of urea groups is 1. The second-order valence-corrected chi connectivity index (χ2v) is 6.98. The van der Waals surface area contributed by atoms with Gasteiger partial charge in [-0.15, -0.1) is 0 Å². The van der Waals surface area contributed by atoms with E-state index in [0.29, 0.717) is 24.4 Å². The molecule has 6 nitrogen and oxygen atoms in total. The molecular formula is C21H25N3O3. The second kappa shape index (κ2) is 7.70. The highest BCUT2D eigenvalue weighted by Crippen LogP contribution is 2.26. The third-order valence-electron chi connectivity index (χ3n) is 4.63. The fourth-order valence-corrected chi connectivity index (χ4v) is 3.41. The van der Waals surface area contributed by atoms with Crippen LogP contribution in [0.15, 0.2) is 36.4 Å². The van der Waals surface area contributed by atoms with Crippen molar-refractivity contribution in [3.8, 4) is 5.75 Å². The van der Waals surface area contributed by atoms with Gasteiger partial charge in [0.25, 0.3) is 0 Å². The number of nitrogens with zero attached hydrogens (tertiary/aromatic N) is 1. The lowest BCUT2D eigenvalue weighted by Crippen LogP contribution is -2.43. The first-order valence-corrected chi connectivity index (χ1v) is 8.99. The maximum Gasteiger partial charge on any atom is 0.319 e. The van der Waals surface area contributed by atoms with Crippen LogP contribution in [0.25, 0.3) is 0 Å². The lowest BCUT2D eigenvalue weighted by atomic mass is 10.1. The summed E-state index contributed by atoms with van der Waals surface area (Å²) in [5.74, 6) is 0.483. The number of carbonyl (C=O) groups excluding carboxylic acids is 2. The summed E-state index contributed by atoms with van der Waals surface area (Å²) < 4.78 is 5.27. The highest BCUT2D eigenvalue weighted by molar-refractivity contribution is 6.03. The quantitative estimate of drug-likeness (QED) is 0.868. The van der Waals surface area contributed by atoms with Crippen LogP contribution in [0.5, 0.6) is 5.75 Å². The van der Waals surface area contributed by atoms with Gasteiger partial charge < -0.3 is 20.3 Å². The Kier molecular flexibility index (Phi) is 5.35. The van der Waals surface area contributed by atoms with Crippen molar-refractivity contribution in [3.63, 3.8) is 0 Å². The molecule has 27 heavy (non-hydrogen) atoms. The molecule has 1 heterocycles. The summed E-state index contributed by atoms with van der Waals surface area (Å²) in [5, 5.41) is 5.56. The molecule has 1 atom stereocenters. The van der Waals surface area contributed by atoms with Crippen LogP contribution < -0.4 is 20.3 Å². The summed E-state index contributed by atoms with van der Waals surface area (Å²) in [4.78, 5) is 26.9. The Bertz CT molecular complexity index is 859. The number of aryl methyl sites for hydroxylation is 3. The van der Waals surface area contributed by atoms with E-state index in [1.165, 1.54) is 0 Å². The Balaban J connectivity index is 1.67. The average molecular weight is 367 g/mol. The summed E-state index contributed by atoms with van der Waals surface area (Å²) >= 11 is 0. The first-order chi connectivity index (χ1) is 12.9. The first-order valence-electron chi connectivity index (χ1n) is 8.99. The van der Waals surface area contributed by atoms with Crippen LogP contribution in [-0.2, 0) is 4.79 Å². The molecule has 0 saturated carbocycles. The normalized spacial score (nSPS) is 16.4. The van der Waals surface area contributed by atoms with Gasteiger partial charge in [-0.05, 0) is 68.1 Å². The molecule has 142 valence electrons. The van der Waals surface area contributed by atoms with Crippen LogP contribution in [-0.4, -0.2) is 31.6 Å². The zero-order chi connectivity index (χ0) is 19.6. The Morgan fingerprint density at radius 1 is 1.07 bits per heavy atom. The van der Waals surface area contributed by atoms with Gasteiger partial charge in [-0.3, -0.25) is 4.79 Å². The summed E-state index contributed by atoms with van der Waals surface area (Å²) in [5.41, 5.74) is 4.68. The smallest absolute Gasteiger partial charge is 0.319 e. The second-order valence-electron chi connectivity index (χ2n) is 6.98. The van der Waals surface area contributed by atoms with E-state index in [1.807, 2.05) is 45.0 Å². The number of anilines is 2. The zero-order valence-electron chi connectivity index (χ0n) is 16.1. The van der Waals surface area contributed by atoms with Crippen molar-refractivity contribution in [2.75, 3.05) is 23.9 Å². The van der Waals surface area contributed by atoms with Gasteiger partial charge in [-0.2, -0.15) is 0 Å². The van der Waals surface area contributed by atoms with Crippen molar-refractivity contribution < 1.29 is 14.3 Å². The predicted octanol–water partition coefficient (Wildman–Crippen LogP) is 3.55. The number of amides is 3. The highest BCUT2D eigenvalue weighted by Gasteiger charge is 2.33. The van der Waals surface area contributed by atoms with Crippen molar-refractivity contribution in [1.29, 1.82) is 0 Å². The van der Waals surface area contributed by atoms with E-state index in [9.17, 15) is 9.59 Å². The van der Waals surface area contributed by atoms with Crippen molar-refractivity contribution in [3.05, 3.63) is 53.1 Å². The molecule has 1 aliphatic rings. The number of rotatable bonds is 4. The molecule has 1 aliphatic heterocycles. The number of ether oxygens (including phenoxy) is 1. The third-order valence-corrected chi connectivity index (χ3v) is 4.63. The average Bonchev–Trinajstić information content (AvgIpc) is 2.95. The van der Waals surface area contributed by atoms with E-state index in [4.69, 9.17) is 4.74 Å². The van der Waals surface area contributed by atoms with Crippen molar-refractivity contribution in [2.24, 2.45) is 0 Å². The maximum atomic E-state index is 12.8. The molecule has 0 spiro atoms. The molecular weight excluding hydrogens is 342 g/mol. The number of hydrogen-bond donors (Lipinski definition) is 2. The Labute approximate surface area is 159 Å². The first kappa shape index (κ1) is 18.8. The molecule has 0 aromatic heterocycles. The lowest BCUT2D eigenvalue weighted by Gasteiger charge is -2.19. The molecule has 1 saturated heterocycles. The molecule has 0 radical (unpaired) electrons. The van der Waals surface area contributed by atoms with Crippen molar-refractivity contribution in [2.45, 2.75) is 33.2 Å². The van der Waals surface area contributed by atoms with E-state index >= 15 is 0 Å².